The van der Waals surface area contributed by atoms with Crippen LogP contribution >= 0.6 is 0 Å². The van der Waals surface area contributed by atoms with E-state index >= 15 is 0 Å². The second-order valence-electron chi connectivity index (χ2n) is 5.59. The van der Waals surface area contributed by atoms with Gasteiger partial charge in [0.15, 0.2) is 0 Å². The topological polar surface area (TPSA) is 66.5 Å². The van der Waals surface area contributed by atoms with E-state index in [-0.39, 0.29) is 5.78 Å². The number of hydrogen-bond acceptors (Lipinski definition) is 3. The lowest BCUT2D eigenvalue weighted by atomic mass is 10.0. The SMILES string of the molecule is CC(=O)C1CCCCN1S(=O)(=O)NC(C)(C)C. The Hall–Kier alpha value is -0.460. The van der Waals surface area contributed by atoms with Gasteiger partial charge in [0.25, 0.3) is 10.2 Å². The van der Waals surface area contributed by atoms with Crippen LogP contribution in [-0.2, 0) is 15.0 Å². The zero-order chi connectivity index (χ0) is 13.3. The van der Waals surface area contributed by atoms with Crippen molar-refractivity contribution in [3.8, 4) is 0 Å². The molecular weight excluding hydrogens is 240 g/mol. The maximum atomic E-state index is 12.2. The Morgan fingerprint density at radius 1 is 1.29 bits per heavy atom. The van der Waals surface area contributed by atoms with E-state index in [4.69, 9.17) is 0 Å². The molecule has 0 amide bonds. The van der Waals surface area contributed by atoms with Crippen LogP contribution in [0.5, 0.6) is 0 Å². The highest BCUT2D eigenvalue weighted by atomic mass is 32.2. The van der Waals surface area contributed by atoms with Crippen LogP contribution in [0.15, 0.2) is 0 Å². The van der Waals surface area contributed by atoms with Crippen molar-refractivity contribution in [1.29, 1.82) is 0 Å². The molecule has 1 N–H and O–H groups in total. The summed E-state index contributed by atoms with van der Waals surface area (Å²) in [6, 6.07) is -0.497. The third-order valence-electron chi connectivity index (χ3n) is 2.67. The monoisotopic (exact) mass is 262 g/mol. The van der Waals surface area contributed by atoms with Crippen molar-refractivity contribution in [3.05, 3.63) is 0 Å². The molecule has 1 aliphatic rings. The number of piperidine rings is 1. The smallest absolute Gasteiger partial charge is 0.280 e. The molecule has 6 heteroatoms. The van der Waals surface area contributed by atoms with Crippen molar-refractivity contribution in [1.82, 2.24) is 9.03 Å². The predicted octanol–water partition coefficient (Wildman–Crippen LogP) is 1.06. The first-order valence-corrected chi connectivity index (χ1v) is 7.39. The van der Waals surface area contributed by atoms with Gasteiger partial charge in [0.2, 0.25) is 0 Å². The van der Waals surface area contributed by atoms with Crippen LogP contribution in [0.1, 0.15) is 47.0 Å². The number of carbonyl (C=O) groups is 1. The standard InChI is InChI=1S/C11H22N2O3S/c1-9(14)10-7-5-6-8-13(10)17(15,16)12-11(2,3)4/h10,12H,5-8H2,1-4H3. The van der Waals surface area contributed by atoms with Gasteiger partial charge >= 0.3 is 0 Å². The molecule has 0 saturated carbocycles. The van der Waals surface area contributed by atoms with Gasteiger partial charge in [0, 0.05) is 12.1 Å². The highest BCUT2D eigenvalue weighted by Crippen LogP contribution is 2.21. The van der Waals surface area contributed by atoms with Crippen LogP contribution in [0.3, 0.4) is 0 Å². The summed E-state index contributed by atoms with van der Waals surface area (Å²) >= 11 is 0. The number of rotatable bonds is 3. The molecule has 0 aromatic carbocycles. The summed E-state index contributed by atoms with van der Waals surface area (Å²) in [6.07, 6.45) is 2.35. The van der Waals surface area contributed by atoms with Gasteiger partial charge in [-0.05, 0) is 40.5 Å². The molecule has 0 aromatic heterocycles. The largest absolute Gasteiger partial charge is 0.298 e. The van der Waals surface area contributed by atoms with E-state index in [2.05, 4.69) is 4.72 Å². The number of ketones is 1. The first-order valence-electron chi connectivity index (χ1n) is 5.95. The van der Waals surface area contributed by atoms with Crippen LogP contribution in [0, 0.1) is 0 Å². The van der Waals surface area contributed by atoms with Crippen LogP contribution in [0.4, 0.5) is 0 Å². The van der Waals surface area contributed by atoms with Crippen molar-refractivity contribution in [2.45, 2.75) is 58.5 Å². The van der Waals surface area contributed by atoms with Gasteiger partial charge < -0.3 is 0 Å². The summed E-state index contributed by atoms with van der Waals surface area (Å²) in [6.45, 7) is 7.25. The summed E-state index contributed by atoms with van der Waals surface area (Å²) in [5, 5.41) is 0. The molecule has 0 bridgehead atoms. The molecule has 0 aromatic rings. The van der Waals surface area contributed by atoms with Crippen molar-refractivity contribution < 1.29 is 13.2 Å². The lowest BCUT2D eigenvalue weighted by Crippen LogP contribution is -2.55. The van der Waals surface area contributed by atoms with E-state index in [0.717, 1.165) is 12.8 Å². The molecule has 1 heterocycles. The van der Waals surface area contributed by atoms with E-state index < -0.39 is 21.8 Å². The number of nitrogens with one attached hydrogen (secondary N) is 1. The Balaban J connectivity index is 2.91. The van der Waals surface area contributed by atoms with Gasteiger partial charge in [0.1, 0.15) is 5.78 Å². The highest BCUT2D eigenvalue weighted by Gasteiger charge is 2.36. The van der Waals surface area contributed by atoms with Crippen LogP contribution in [0.2, 0.25) is 0 Å². The third-order valence-corrected chi connectivity index (χ3v) is 4.59. The molecule has 1 rings (SSSR count). The minimum atomic E-state index is -3.57. The molecule has 100 valence electrons. The lowest BCUT2D eigenvalue weighted by molar-refractivity contribution is -0.121. The molecule has 1 unspecified atom stereocenters. The Bertz CT molecular complexity index is 384. The summed E-state index contributed by atoms with van der Waals surface area (Å²) in [5.41, 5.74) is -0.530. The molecule has 1 atom stereocenters. The predicted molar refractivity (Wildman–Crippen MR) is 66.8 cm³/mol. The van der Waals surface area contributed by atoms with Crippen molar-refractivity contribution in [2.24, 2.45) is 0 Å². The first-order chi connectivity index (χ1) is 7.63. The Morgan fingerprint density at radius 3 is 2.35 bits per heavy atom. The number of nitrogens with zero attached hydrogens (tertiary/aromatic N) is 1. The summed E-state index contributed by atoms with van der Waals surface area (Å²) < 4.78 is 28.3. The maximum Gasteiger partial charge on any atom is 0.280 e. The van der Waals surface area contributed by atoms with E-state index in [1.165, 1.54) is 11.2 Å². The van der Waals surface area contributed by atoms with E-state index in [1.807, 2.05) is 0 Å². The van der Waals surface area contributed by atoms with E-state index in [1.54, 1.807) is 20.8 Å². The molecule has 0 spiro atoms. The summed E-state index contributed by atoms with van der Waals surface area (Å²) in [5.74, 6) is -0.0796. The second kappa shape index (κ2) is 5.04. The Kier molecular flexibility index (Phi) is 4.33. The molecule has 17 heavy (non-hydrogen) atoms. The lowest BCUT2D eigenvalue weighted by Gasteiger charge is -2.35. The zero-order valence-corrected chi connectivity index (χ0v) is 11.8. The fourth-order valence-electron chi connectivity index (χ4n) is 2.04. The van der Waals surface area contributed by atoms with Crippen molar-refractivity contribution in [3.63, 3.8) is 0 Å². The van der Waals surface area contributed by atoms with Crippen molar-refractivity contribution in [2.75, 3.05) is 6.54 Å². The molecular formula is C11H22N2O3S. The van der Waals surface area contributed by atoms with E-state index in [9.17, 15) is 13.2 Å². The maximum absolute atomic E-state index is 12.2. The van der Waals surface area contributed by atoms with Gasteiger partial charge in [0.05, 0.1) is 6.04 Å². The second-order valence-corrected chi connectivity index (χ2v) is 7.21. The fraction of sp³-hybridized carbons (Fsp3) is 0.909. The molecule has 1 saturated heterocycles. The molecule has 5 nitrogen and oxygen atoms in total. The van der Waals surface area contributed by atoms with Crippen LogP contribution in [0.25, 0.3) is 0 Å². The third kappa shape index (κ3) is 4.04. The number of hydrogen-bond donors (Lipinski definition) is 1. The minimum absolute atomic E-state index is 0.0796. The van der Waals surface area contributed by atoms with Gasteiger partial charge in [-0.3, -0.25) is 4.79 Å². The van der Waals surface area contributed by atoms with Crippen molar-refractivity contribution >= 4 is 16.0 Å². The quantitative estimate of drug-likeness (QED) is 0.827. The summed E-state index contributed by atoms with van der Waals surface area (Å²) in [4.78, 5) is 11.5. The van der Waals surface area contributed by atoms with Crippen LogP contribution < -0.4 is 4.72 Å². The Labute approximate surface area is 104 Å². The van der Waals surface area contributed by atoms with E-state index in [0.29, 0.717) is 13.0 Å². The first kappa shape index (κ1) is 14.6. The van der Waals surface area contributed by atoms with Crippen LogP contribution in [-0.4, -0.2) is 36.6 Å². The molecule has 1 aliphatic heterocycles. The minimum Gasteiger partial charge on any atom is -0.298 e. The fourth-order valence-corrected chi connectivity index (χ4v) is 3.89. The number of Topliss-reactive ketones (excluding diaryl/α,β-unsaturated/α-hetero) is 1. The van der Waals surface area contributed by atoms with Gasteiger partial charge in [-0.2, -0.15) is 17.4 Å². The average Bonchev–Trinajstić information content (AvgIpc) is 2.14. The summed E-state index contributed by atoms with van der Waals surface area (Å²) in [7, 11) is -3.57. The number of carbonyl (C=O) groups excluding carboxylic acids is 1. The Morgan fingerprint density at radius 2 is 1.88 bits per heavy atom. The van der Waals surface area contributed by atoms with Gasteiger partial charge in [-0.25, -0.2) is 0 Å². The average molecular weight is 262 g/mol. The highest BCUT2D eigenvalue weighted by molar-refractivity contribution is 7.87. The molecule has 1 fully saturated rings. The molecule has 0 radical (unpaired) electrons. The molecule has 0 aliphatic carbocycles. The van der Waals surface area contributed by atoms with Gasteiger partial charge in [-0.1, -0.05) is 6.42 Å². The normalized spacial score (nSPS) is 23.6. The van der Waals surface area contributed by atoms with Gasteiger partial charge in [-0.15, -0.1) is 0 Å². The zero-order valence-electron chi connectivity index (χ0n) is 11.0.